The molecule has 0 aromatic heterocycles. The van der Waals surface area contributed by atoms with Gasteiger partial charge < -0.3 is 20.2 Å². The topological polar surface area (TPSA) is 122 Å². The Morgan fingerprint density at radius 2 is 1.32 bits per heavy atom. The van der Waals surface area contributed by atoms with Gasteiger partial charge in [-0.25, -0.2) is 9.59 Å². The van der Waals surface area contributed by atoms with Crippen molar-refractivity contribution in [1.29, 1.82) is 0 Å². The van der Waals surface area contributed by atoms with Gasteiger partial charge in [-0.3, -0.25) is 14.6 Å². The van der Waals surface area contributed by atoms with Gasteiger partial charge in [-0.2, -0.15) is 26.3 Å². The molecule has 0 aliphatic carbocycles. The standard InChI is InChI=1S/C18H27N3O2.2C2HF3O2/c1-14-3-5-15(6-4-14)9-20-7-8-21-11-16(18(22)23)10-19(2)12-17(21)13-20;2*3-2(4,5)1(6)7/h3-6,16-17H,7-13H2,1-2H3,(H,22,23);2*(H,6,7). The van der Waals surface area contributed by atoms with E-state index in [-0.39, 0.29) is 5.92 Å². The minimum Gasteiger partial charge on any atom is -0.481 e. The zero-order valence-electron chi connectivity index (χ0n) is 20.1. The number of piperazine rings is 1. The van der Waals surface area contributed by atoms with E-state index in [2.05, 4.69) is 45.9 Å². The second-order valence-corrected chi connectivity index (χ2v) is 8.73. The van der Waals surface area contributed by atoms with Crippen LogP contribution in [0.4, 0.5) is 26.3 Å². The SMILES string of the molecule is Cc1ccc(CN2CCN3CC(C(=O)O)CN(C)CC3C2)cc1.O=C(O)C(F)(F)F.O=C(O)C(F)(F)F. The third-order valence-corrected chi connectivity index (χ3v) is 5.56. The molecular formula is C22H29F6N3O6. The molecule has 2 fully saturated rings. The van der Waals surface area contributed by atoms with Crippen molar-refractivity contribution < 1.29 is 56.0 Å². The smallest absolute Gasteiger partial charge is 0.481 e. The minimum absolute atomic E-state index is 0.270. The number of alkyl halides is 6. The van der Waals surface area contributed by atoms with E-state index in [1.54, 1.807) is 0 Å². The summed E-state index contributed by atoms with van der Waals surface area (Å²) in [4.78, 5) is 36.3. The summed E-state index contributed by atoms with van der Waals surface area (Å²) in [6.07, 6.45) is -10.2. The summed E-state index contributed by atoms with van der Waals surface area (Å²) in [5.41, 5.74) is 2.65. The van der Waals surface area contributed by atoms with Gasteiger partial charge in [0.25, 0.3) is 0 Å². The Bertz CT molecular complexity index is 886. The molecule has 2 atom stereocenters. The van der Waals surface area contributed by atoms with Crippen LogP contribution in [0, 0.1) is 12.8 Å². The molecule has 3 N–H and O–H groups in total. The Morgan fingerprint density at radius 3 is 1.76 bits per heavy atom. The molecular weight excluding hydrogens is 516 g/mol. The fourth-order valence-electron chi connectivity index (χ4n) is 3.77. The van der Waals surface area contributed by atoms with Crippen LogP contribution in [0.5, 0.6) is 0 Å². The van der Waals surface area contributed by atoms with Gasteiger partial charge in [0.05, 0.1) is 5.92 Å². The zero-order valence-corrected chi connectivity index (χ0v) is 20.1. The molecule has 210 valence electrons. The number of fused-ring (bicyclic) bond motifs is 1. The van der Waals surface area contributed by atoms with Crippen molar-refractivity contribution in [1.82, 2.24) is 14.7 Å². The highest BCUT2D eigenvalue weighted by atomic mass is 19.4. The lowest BCUT2D eigenvalue weighted by atomic mass is 10.1. The van der Waals surface area contributed by atoms with Crippen LogP contribution in [0.2, 0.25) is 0 Å². The quantitative estimate of drug-likeness (QED) is 0.492. The molecule has 0 saturated carbocycles. The predicted octanol–water partition coefficient (Wildman–Crippen LogP) is 2.39. The third kappa shape index (κ3) is 11.8. The van der Waals surface area contributed by atoms with E-state index in [0.717, 1.165) is 32.7 Å². The van der Waals surface area contributed by atoms with Crippen molar-refractivity contribution in [3.05, 3.63) is 35.4 Å². The van der Waals surface area contributed by atoms with E-state index in [0.29, 0.717) is 19.1 Å². The predicted molar refractivity (Wildman–Crippen MR) is 118 cm³/mol. The first kappa shape index (κ1) is 32.1. The first-order valence-corrected chi connectivity index (χ1v) is 10.9. The summed E-state index contributed by atoms with van der Waals surface area (Å²) < 4.78 is 63.5. The molecule has 0 bridgehead atoms. The lowest BCUT2D eigenvalue weighted by molar-refractivity contribution is -0.193. The average Bonchev–Trinajstić information content (AvgIpc) is 2.92. The Morgan fingerprint density at radius 1 is 0.838 bits per heavy atom. The third-order valence-electron chi connectivity index (χ3n) is 5.56. The maximum Gasteiger partial charge on any atom is 0.490 e. The molecule has 2 aliphatic rings. The average molecular weight is 545 g/mol. The van der Waals surface area contributed by atoms with E-state index in [9.17, 15) is 36.2 Å². The summed E-state index contributed by atoms with van der Waals surface area (Å²) in [5, 5.41) is 23.6. The molecule has 2 heterocycles. The summed E-state index contributed by atoms with van der Waals surface area (Å²) in [6.45, 7) is 8.38. The number of aryl methyl sites for hydroxylation is 1. The maximum atomic E-state index is 11.4. The molecule has 1 aromatic carbocycles. The Balaban J connectivity index is 0.000000404. The second kappa shape index (κ2) is 13.6. The van der Waals surface area contributed by atoms with Crippen LogP contribution in [-0.4, -0.2) is 113 Å². The second-order valence-electron chi connectivity index (χ2n) is 8.73. The molecule has 0 amide bonds. The molecule has 2 unspecified atom stereocenters. The van der Waals surface area contributed by atoms with Gasteiger partial charge in [0.2, 0.25) is 0 Å². The fourth-order valence-corrected chi connectivity index (χ4v) is 3.77. The Labute approximate surface area is 208 Å². The number of hydrogen-bond acceptors (Lipinski definition) is 6. The molecule has 3 rings (SSSR count). The van der Waals surface area contributed by atoms with Crippen molar-refractivity contribution in [3.8, 4) is 0 Å². The number of aliphatic carboxylic acids is 3. The van der Waals surface area contributed by atoms with Crippen LogP contribution in [0.3, 0.4) is 0 Å². The molecule has 0 radical (unpaired) electrons. The summed E-state index contributed by atoms with van der Waals surface area (Å²) in [5.74, 6) is -6.45. The normalized spacial score (nSPS) is 21.3. The van der Waals surface area contributed by atoms with Crippen LogP contribution >= 0.6 is 0 Å². The van der Waals surface area contributed by atoms with Crippen LogP contribution in [0.1, 0.15) is 11.1 Å². The molecule has 2 aliphatic heterocycles. The number of carboxylic acids is 3. The van der Waals surface area contributed by atoms with Gasteiger partial charge in [0.1, 0.15) is 0 Å². The first-order valence-electron chi connectivity index (χ1n) is 10.9. The van der Waals surface area contributed by atoms with Crippen LogP contribution in [0.25, 0.3) is 0 Å². The fraction of sp³-hybridized carbons (Fsp3) is 0.591. The lowest BCUT2D eigenvalue weighted by Crippen LogP contribution is -2.55. The highest BCUT2D eigenvalue weighted by molar-refractivity contribution is 5.73. The van der Waals surface area contributed by atoms with Gasteiger partial charge in [-0.15, -0.1) is 0 Å². The van der Waals surface area contributed by atoms with Crippen LogP contribution < -0.4 is 0 Å². The first-order chi connectivity index (χ1) is 16.9. The number of carboxylic acid groups (broad SMARTS) is 3. The Kier molecular flexibility index (Phi) is 11.8. The van der Waals surface area contributed by atoms with E-state index in [4.69, 9.17) is 19.8 Å². The van der Waals surface area contributed by atoms with Gasteiger partial charge in [-0.1, -0.05) is 29.8 Å². The Hall–Kier alpha value is -2.91. The van der Waals surface area contributed by atoms with Gasteiger partial charge >= 0.3 is 30.3 Å². The van der Waals surface area contributed by atoms with E-state index in [1.165, 1.54) is 11.1 Å². The maximum absolute atomic E-state index is 11.4. The van der Waals surface area contributed by atoms with Crippen molar-refractivity contribution in [3.63, 3.8) is 0 Å². The molecule has 15 heteroatoms. The number of likely N-dealkylation sites (N-methyl/N-ethyl adjacent to an activating group) is 1. The summed E-state index contributed by atoms with van der Waals surface area (Å²) in [7, 11) is 2.04. The zero-order chi connectivity index (χ0) is 28.6. The number of hydrogen-bond donors (Lipinski definition) is 3. The molecule has 37 heavy (non-hydrogen) atoms. The number of halogens is 6. The highest BCUT2D eigenvalue weighted by Gasteiger charge is 2.39. The van der Waals surface area contributed by atoms with Crippen LogP contribution in [-0.2, 0) is 20.9 Å². The van der Waals surface area contributed by atoms with Gasteiger partial charge in [0, 0.05) is 51.9 Å². The van der Waals surface area contributed by atoms with Crippen molar-refractivity contribution in [2.75, 3.05) is 46.3 Å². The molecule has 9 nitrogen and oxygen atoms in total. The van der Waals surface area contributed by atoms with Crippen molar-refractivity contribution >= 4 is 17.9 Å². The van der Waals surface area contributed by atoms with E-state index < -0.39 is 30.3 Å². The summed E-state index contributed by atoms with van der Waals surface area (Å²) in [6, 6.07) is 9.19. The summed E-state index contributed by atoms with van der Waals surface area (Å²) >= 11 is 0. The van der Waals surface area contributed by atoms with Gasteiger partial charge in [0.15, 0.2) is 0 Å². The number of rotatable bonds is 3. The molecule has 0 spiro atoms. The number of carbonyl (C=O) groups is 3. The molecule has 1 aromatic rings. The van der Waals surface area contributed by atoms with Crippen LogP contribution in [0.15, 0.2) is 24.3 Å². The van der Waals surface area contributed by atoms with Gasteiger partial charge in [-0.05, 0) is 19.5 Å². The largest absolute Gasteiger partial charge is 0.490 e. The molecule has 2 saturated heterocycles. The van der Waals surface area contributed by atoms with Crippen molar-refractivity contribution in [2.24, 2.45) is 5.92 Å². The lowest BCUT2D eigenvalue weighted by Gasteiger charge is -2.41. The highest BCUT2D eigenvalue weighted by Crippen LogP contribution is 2.20. The number of nitrogens with zero attached hydrogens (tertiary/aromatic N) is 3. The number of benzene rings is 1. The van der Waals surface area contributed by atoms with Crippen molar-refractivity contribution in [2.45, 2.75) is 31.9 Å². The monoisotopic (exact) mass is 545 g/mol. The minimum atomic E-state index is -5.08. The van der Waals surface area contributed by atoms with E-state index >= 15 is 0 Å². The van der Waals surface area contributed by atoms with E-state index in [1.807, 2.05) is 7.05 Å².